The van der Waals surface area contributed by atoms with Crippen LogP contribution >= 0.6 is 11.6 Å². The minimum atomic E-state index is -0.473. The quantitative estimate of drug-likeness (QED) is 0.405. The van der Waals surface area contributed by atoms with E-state index in [-0.39, 0.29) is 30.7 Å². The number of carbonyl (C=O) groups excluding carboxylic acids is 2. The molecule has 2 unspecified atom stereocenters. The van der Waals surface area contributed by atoms with Crippen LogP contribution in [-0.2, 0) is 16.1 Å². The third kappa shape index (κ3) is 6.43. The number of nitrogens with one attached hydrogen (secondary N) is 1. The first kappa shape index (κ1) is 26.1. The van der Waals surface area contributed by atoms with E-state index in [9.17, 15) is 9.59 Å². The number of fused-ring (bicyclic) bond motifs is 1. The second-order valence-electron chi connectivity index (χ2n) is 9.32. The van der Waals surface area contributed by atoms with Crippen LogP contribution in [0.4, 0.5) is 0 Å². The Kier molecular flexibility index (Phi) is 8.96. The fraction of sp³-hybridized carbons (Fsp3) is 0.444. The molecular formula is C27H34ClN5O3. The zero-order valence-electron chi connectivity index (χ0n) is 20.7. The van der Waals surface area contributed by atoms with E-state index >= 15 is 0 Å². The van der Waals surface area contributed by atoms with Crippen LogP contribution in [0.5, 0.6) is 0 Å². The van der Waals surface area contributed by atoms with Gasteiger partial charge in [0.2, 0.25) is 5.91 Å². The Balaban J connectivity index is 1.36. The zero-order chi connectivity index (χ0) is 25.5. The number of aryl methyl sites for hydroxylation is 1. The maximum Gasteiger partial charge on any atom is 0.251 e. The molecule has 2 heterocycles. The van der Waals surface area contributed by atoms with Gasteiger partial charge in [0.25, 0.3) is 5.91 Å². The standard InChI is InChI=1S/C27H34ClN5O3/c1-36-14-6-13-33-24-11-3-2-10-23(24)31-26(33)20-8-5-12-32(18-20)25(34)16-22(29)17-30-27(35)19-7-4-9-21(28)15-19/h2-4,7,9-11,15,20,22H,5-6,8,12-14,16-18,29H2,1H3,(H,30,35). The first-order chi connectivity index (χ1) is 17.5. The Morgan fingerprint density at radius 1 is 1.25 bits per heavy atom. The zero-order valence-corrected chi connectivity index (χ0v) is 21.4. The molecule has 1 fully saturated rings. The summed E-state index contributed by atoms with van der Waals surface area (Å²) in [5.74, 6) is 0.941. The predicted molar refractivity (Wildman–Crippen MR) is 141 cm³/mol. The van der Waals surface area contributed by atoms with Crippen LogP contribution in [0.3, 0.4) is 0 Å². The van der Waals surface area contributed by atoms with Crippen molar-refractivity contribution in [1.82, 2.24) is 19.8 Å². The Bertz CT molecular complexity index is 1200. The van der Waals surface area contributed by atoms with Crippen molar-refractivity contribution in [2.24, 2.45) is 5.73 Å². The van der Waals surface area contributed by atoms with E-state index in [4.69, 9.17) is 27.1 Å². The fourth-order valence-electron chi connectivity index (χ4n) is 4.80. The van der Waals surface area contributed by atoms with Crippen LogP contribution in [0.15, 0.2) is 48.5 Å². The predicted octanol–water partition coefficient (Wildman–Crippen LogP) is 3.58. The first-order valence-electron chi connectivity index (χ1n) is 12.5. The molecule has 36 heavy (non-hydrogen) atoms. The molecule has 8 nitrogen and oxygen atoms in total. The maximum absolute atomic E-state index is 13.1. The maximum atomic E-state index is 13.1. The number of para-hydroxylation sites is 2. The van der Waals surface area contributed by atoms with Crippen molar-refractivity contribution < 1.29 is 14.3 Å². The largest absolute Gasteiger partial charge is 0.385 e. The molecule has 1 aromatic heterocycles. The number of nitrogens with two attached hydrogens (primary N) is 1. The van der Waals surface area contributed by atoms with E-state index in [1.807, 2.05) is 23.1 Å². The molecule has 9 heteroatoms. The van der Waals surface area contributed by atoms with Crippen molar-refractivity contribution in [3.05, 3.63) is 64.9 Å². The summed E-state index contributed by atoms with van der Waals surface area (Å²) >= 11 is 5.96. The molecule has 4 rings (SSSR count). The smallest absolute Gasteiger partial charge is 0.251 e. The number of benzene rings is 2. The third-order valence-electron chi connectivity index (χ3n) is 6.60. The summed E-state index contributed by atoms with van der Waals surface area (Å²) in [6.07, 6.45) is 2.97. The Morgan fingerprint density at radius 2 is 2.08 bits per heavy atom. The molecule has 0 spiro atoms. The van der Waals surface area contributed by atoms with E-state index in [2.05, 4.69) is 16.0 Å². The number of methoxy groups -OCH3 is 1. The van der Waals surface area contributed by atoms with Crippen LogP contribution in [0.1, 0.15) is 47.8 Å². The van der Waals surface area contributed by atoms with Gasteiger partial charge in [-0.3, -0.25) is 9.59 Å². The van der Waals surface area contributed by atoms with Crippen molar-refractivity contribution in [3.8, 4) is 0 Å². The van der Waals surface area contributed by atoms with Gasteiger partial charge in [0.15, 0.2) is 0 Å². The summed E-state index contributed by atoms with van der Waals surface area (Å²) in [7, 11) is 1.71. The first-order valence-corrected chi connectivity index (χ1v) is 12.8. The van der Waals surface area contributed by atoms with Crippen molar-refractivity contribution >= 4 is 34.4 Å². The SMILES string of the molecule is COCCCn1c(C2CCCN(C(=O)CC(N)CNC(=O)c3cccc(Cl)c3)C2)nc2ccccc21. The van der Waals surface area contributed by atoms with Gasteiger partial charge in [0.05, 0.1) is 11.0 Å². The number of aromatic nitrogens is 2. The molecule has 3 N–H and O–H groups in total. The fourth-order valence-corrected chi connectivity index (χ4v) is 4.99. The summed E-state index contributed by atoms with van der Waals surface area (Å²) in [5.41, 5.74) is 8.77. The molecule has 0 radical (unpaired) electrons. The normalized spacial score (nSPS) is 16.8. The second-order valence-corrected chi connectivity index (χ2v) is 9.76. The monoisotopic (exact) mass is 511 g/mol. The molecular weight excluding hydrogens is 478 g/mol. The van der Waals surface area contributed by atoms with E-state index < -0.39 is 6.04 Å². The molecule has 3 aromatic rings. The molecule has 2 amide bonds. The van der Waals surface area contributed by atoms with Gasteiger partial charge in [-0.25, -0.2) is 4.98 Å². The molecule has 2 aromatic carbocycles. The minimum Gasteiger partial charge on any atom is -0.385 e. The van der Waals surface area contributed by atoms with Gasteiger partial charge in [-0.15, -0.1) is 0 Å². The summed E-state index contributed by atoms with van der Waals surface area (Å²) < 4.78 is 7.54. The summed E-state index contributed by atoms with van der Waals surface area (Å²) in [4.78, 5) is 32.3. The lowest BCUT2D eigenvalue weighted by molar-refractivity contribution is -0.132. The molecule has 0 saturated carbocycles. The lowest BCUT2D eigenvalue weighted by Gasteiger charge is -2.33. The number of likely N-dealkylation sites (tertiary alicyclic amines) is 1. The number of nitrogens with zero attached hydrogens (tertiary/aromatic N) is 3. The van der Waals surface area contributed by atoms with Gasteiger partial charge < -0.3 is 25.3 Å². The summed E-state index contributed by atoms with van der Waals surface area (Å²) in [6.45, 7) is 3.05. The van der Waals surface area contributed by atoms with Gasteiger partial charge in [0, 0.05) is 68.9 Å². The molecule has 2 atom stereocenters. The van der Waals surface area contributed by atoms with Crippen molar-refractivity contribution in [3.63, 3.8) is 0 Å². The Morgan fingerprint density at radius 3 is 2.89 bits per heavy atom. The van der Waals surface area contributed by atoms with Crippen molar-refractivity contribution in [2.45, 2.75) is 44.2 Å². The number of piperidine rings is 1. The Labute approximate surface area is 216 Å². The molecule has 192 valence electrons. The van der Waals surface area contributed by atoms with Gasteiger partial charge in [-0.2, -0.15) is 0 Å². The lowest BCUT2D eigenvalue weighted by atomic mass is 9.96. The number of amides is 2. The van der Waals surface area contributed by atoms with E-state index in [1.165, 1.54) is 0 Å². The van der Waals surface area contributed by atoms with Crippen LogP contribution in [0, 0.1) is 0 Å². The molecule has 1 saturated heterocycles. The summed E-state index contributed by atoms with van der Waals surface area (Å²) in [6, 6.07) is 14.4. The van der Waals surface area contributed by atoms with E-state index in [0.29, 0.717) is 30.3 Å². The number of hydrogen-bond acceptors (Lipinski definition) is 5. The lowest BCUT2D eigenvalue weighted by Crippen LogP contribution is -2.45. The van der Waals surface area contributed by atoms with Crippen LogP contribution < -0.4 is 11.1 Å². The molecule has 0 bridgehead atoms. The minimum absolute atomic E-state index is 0.00579. The van der Waals surface area contributed by atoms with Crippen LogP contribution in [-0.4, -0.2) is 65.7 Å². The summed E-state index contributed by atoms with van der Waals surface area (Å²) in [5, 5.41) is 3.29. The number of carbonyl (C=O) groups is 2. The Hall–Kier alpha value is -2.94. The topological polar surface area (TPSA) is 102 Å². The van der Waals surface area contributed by atoms with E-state index in [0.717, 1.165) is 42.7 Å². The van der Waals surface area contributed by atoms with E-state index in [1.54, 1.807) is 31.4 Å². The average molecular weight is 512 g/mol. The van der Waals surface area contributed by atoms with Gasteiger partial charge in [0.1, 0.15) is 5.82 Å². The van der Waals surface area contributed by atoms with Gasteiger partial charge in [-0.05, 0) is 49.6 Å². The van der Waals surface area contributed by atoms with Crippen LogP contribution in [0.25, 0.3) is 11.0 Å². The number of hydrogen-bond donors (Lipinski definition) is 2. The molecule has 1 aliphatic rings. The highest BCUT2D eigenvalue weighted by Gasteiger charge is 2.29. The number of rotatable bonds is 10. The van der Waals surface area contributed by atoms with Crippen molar-refractivity contribution in [1.29, 1.82) is 0 Å². The van der Waals surface area contributed by atoms with Gasteiger partial charge in [-0.1, -0.05) is 29.8 Å². The van der Waals surface area contributed by atoms with Crippen molar-refractivity contribution in [2.75, 3.05) is 33.4 Å². The number of halogens is 1. The van der Waals surface area contributed by atoms with Crippen LogP contribution in [0.2, 0.25) is 5.02 Å². The highest BCUT2D eigenvalue weighted by Crippen LogP contribution is 2.30. The number of ether oxygens (including phenoxy) is 1. The average Bonchev–Trinajstić information content (AvgIpc) is 3.26. The second kappa shape index (κ2) is 12.3. The highest BCUT2D eigenvalue weighted by atomic mass is 35.5. The van der Waals surface area contributed by atoms with Gasteiger partial charge >= 0.3 is 0 Å². The highest BCUT2D eigenvalue weighted by molar-refractivity contribution is 6.30. The molecule has 1 aliphatic heterocycles. The molecule has 0 aliphatic carbocycles. The number of imidazole rings is 1. The third-order valence-corrected chi connectivity index (χ3v) is 6.84.